The molecule has 0 bridgehead atoms. The lowest BCUT2D eigenvalue weighted by Gasteiger charge is -2.29. The summed E-state index contributed by atoms with van der Waals surface area (Å²) < 4.78 is 0. The second-order valence-electron chi connectivity index (χ2n) is 8.65. The molecule has 15 nitrogen and oxygen atoms in total. The van der Waals surface area contributed by atoms with E-state index >= 15 is 0 Å². The molecule has 1 aromatic rings. The van der Waals surface area contributed by atoms with Crippen LogP contribution < -0.4 is 27.8 Å². The average Bonchev–Trinajstić information content (AvgIpc) is 3.50. The number of imidazole rings is 1. The second-order valence-corrected chi connectivity index (χ2v) is 8.65. The Hall–Kier alpha value is -3.72. The number of aliphatic hydroxyl groups excluding tert-OH is 1. The van der Waals surface area contributed by atoms with Crippen molar-refractivity contribution in [2.75, 3.05) is 13.1 Å². The van der Waals surface area contributed by atoms with Gasteiger partial charge < -0.3 is 47.9 Å². The van der Waals surface area contributed by atoms with Gasteiger partial charge in [-0.05, 0) is 32.6 Å². The molecule has 0 saturated carbocycles. The fourth-order valence-corrected chi connectivity index (χ4v) is 3.91. The predicted octanol–water partition coefficient (Wildman–Crippen LogP) is -3.24. The molecule has 2 rings (SSSR count). The molecule has 0 aliphatic carbocycles. The number of carbonyl (C=O) groups is 4. The Bertz CT molecular complexity index is 932. The van der Waals surface area contributed by atoms with Crippen molar-refractivity contribution >= 4 is 29.7 Å². The molecule has 1 aliphatic heterocycles. The van der Waals surface area contributed by atoms with Crippen LogP contribution in [0.4, 0.5) is 0 Å². The maximum absolute atomic E-state index is 13.0. The van der Waals surface area contributed by atoms with Crippen LogP contribution in [0.15, 0.2) is 17.5 Å². The molecule has 1 saturated heterocycles. The van der Waals surface area contributed by atoms with Crippen molar-refractivity contribution in [1.29, 1.82) is 0 Å². The third-order valence-electron chi connectivity index (χ3n) is 5.77. The Morgan fingerprint density at radius 2 is 2.03 bits per heavy atom. The number of carboxylic acid groups (broad SMARTS) is 1. The quantitative estimate of drug-likeness (QED) is 0.0748. The van der Waals surface area contributed by atoms with Crippen LogP contribution in [0.2, 0.25) is 0 Å². The van der Waals surface area contributed by atoms with Gasteiger partial charge in [0.05, 0.1) is 18.5 Å². The molecule has 36 heavy (non-hydrogen) atoms. The van der Waals surface area contributed by atoms with Crippen molar-refractivity contribution in [3.8, 4) is 0 Å². The van der Waals surface area contributed by atoms with E-state index < -0.39 is 54.0 Å². The summed E-state index contributed by atoms with van der Waals surface area (Å²) >= 11 is 0. The highest BCUT2D eigenvalue weighted by Crippen LogP contribution is 2.19. The van der Waals surface area contributed by atoms with Crippen molar-refractivity contribution in [2.24, 2.45) is 22.2 Å². The van der Waals surface area contributed by atoms with Crippen LogP contribution in [0.5, 0.6) is 0 Å². The van der Waals surface area contributed by atoms with Crippen LogP contribution >= 0.6 is 0 Å². The van der Waals surface area contributed by atoms with Crippen LogP contribution in [0.1, 0.15) is 38.3 Å². The number of nitrogens with one attached hydrogen (secondary N) is 3. The first-order chi connectivity index (χ1) is 17.0. The molecular weight excluding hydrogens is 474 g/mol. The van der Waals surface area contributed by atoms with Crippen molar-refractivity contribution < 1.29 is 29.4 Å². The minimum atomic E-state index is -1.44. The van der Waals surface area contributed by atoms with Gasteiger partial charge >= 0.3 is 5.97 Å². The van der Waals surface area contributed by atoms with Crippen LogP contribution in [-0.4, -0.2) is 98.1 Å². The maximum atomic E-state index is 13.0. The Labute approximate surface area is 207 Å². The lowest BCUT2D eigenvalue weighted by atomic mass is 10.1. The van der Waals surface area contributed by atoms with Crippen LogP contribution in [0.3, 0.4) is 0 Å². The molecular formula is C21H35N9O6. The van der Waals surface area contributed by atoms with Crippen LogP contribution in [-0.2, 0) is 25.6 Å². The van der Waals surface area contributed by atoms with Gasteiger partial charge in [-0.25, -0.2) is 9.78 Å². The van der Waals surface area contributed by atoms with Crippen molar-refractivity contribution in [2.45, 2.75) is 69.3 Å². The van der Waals surface area contributed by atoms with E-state index in [0.717, 1.165) is 0 Å². The molecule has 200 valence electrons. The van der Waals surface area contributed by atoms with Crippen molar-refractivity contribution in [1.82, 2.24) is 25.5 Å². The summed E-state index contributed by atoms with van der Waals surface area (Å²) in [5.41, 5.74) is 17.2. The number of guanidine groups is 1. The molecule has 2 heterocycles. The number of aliphatic hydroxyl groups is 1. The van der Waals surface area contributed by atoms with Gasteiger partial charge in [0.2, 0.25) is 17.7 Å². The average molecular weight is 510 g/mol. The van der Waals surface area contributed by atoms with E-state index in [1.807, 2.05) is 0 Å². The lowest BCUT2D eigenvalue weighted by molar-refractivity contribution is -0.144. The summed E-state index contributed by atoms with van der Waals surface area (Å²) in [6.45, 7) is 1.78. The molecule has 5 atom stereocenters. The number of rotatable bonds is 13. The number of carbonyl (C=O) groups excluding carboxylic acids is 3. The molecule has 0 aromatic carbocycles. The summed E-state index contributed by atoms with van der Waals surface area (Å²) in [6.07, 6.45) is 3.11. The van der Waals surface area contributed by atoms with Gasteiger partial charge in [-0.1, -0.05) is 0 Å². The minimum Gasteiger partial charge on any atom is -0.480 e. The number of aliphatic carboxylic acids is 1. The number of carboxylic acids is 1. The van der Waals surface area contributed by atoms with Gasteiger partial charge in [0.1, 0.15) is 18.1 Å². The molecule has 1 fully saturated rings. The molecule has 0 radical (unpaired) electrons. The van der Waals surface area contributed by atoms with E-state index in [2.05, 4.69) is 25.6 Å². The number of hydrogen-bond donors (Lipinski definition) is 8. The molecule has 1 aromatic heterocycles. The molecule has 3 amide bonds. The van der Waals surface area contributed by atoms with E-state index in [1.54, 1.807) is 6.20 Å². The molecule has 1 aliphatic rings. The highest BCUT2D eigenvalue weighted by molar-refractivity contribution is 5.94. The monoisotopic (exact) mass is 509 g/mol. The summed E-state index contributed by atoms with van der Waals surface area (Å²) in [5.74, 6) is -3.37. The summed E-state index contributed by atoms with van der Waals surface area (Å²) in [7, 11) is 0. The van der Waals surface area contributed by atoms with Gasteiger partial charge in [0, 0.05) is 31.4 Å². The fraction of sp³-hybridized carbons (Fsp3) is 0.619. The van der Waals surface area contributed by atoms with Crippen molar-refractivity contribution in [3.05, 3.63) is 18.2 Å². The molecule has 15 heteroatoms. The Balaban J connectivity index is 2.00. The standard InChI is InChI=1S/C21H35N9O6/c1-11(31)16(18(33)28-14(20(35)36)4-2-6-26-21(23)24)29-17(32)15-5-3-7-30(15)19(34)13(22)8-12-9-25-10-27-12/h9-11,13-16,31H,2-8,22H2,1H3,(H,25,27)(H,28,33)(H,29,32)(H,35,36)(H4,23,24,26). The summed E-state index contributed by atoms with van der Waals surface area (Å²) in [5, 5.41) is 24.3. The summed E-state index contributed by atoms with van der Waals surface area (Å²) in [6, 6.07) is -4.50. The van der Waals surface area contributed by atoms with E-state index in [9.17, 15) is 29.4 Å². The number of amides is 3. The first-order valence-electron chi connectivity index (χ1n) is 11.6. The van der Waals surface area contributed by atoms with Gasteiger partial charge in [0.25, 0.3) is 0 Å². The number of aliphatic imine (C=N–C) groups is 1. The second kappa shape index (κ2) is 13.4. The fourth-order valence-electron chi connectivity index (χ4n) is 3.91. The Morgan fingerprint density at radius 1 is 1.31 bits per heavy atom. The minimum absolute atomic E-state index is 0.0253. The highest BCUT2D eigenvalue weighted by atomic mass is 16.4. The van der Waals surface area contributed by atoms with Crippen LogP contribution in [0, 0.1) is 0 Å². The van der Waals surface area contributed by atoms with E-state index in [0.29, 0.717) is 25.1 Å². The zero-order chi connectivity index (χ0) is 26.8. The Kier molecular flexibility index (Phi) is 10.6. The van der Waals surface area contributed by atoms with E-state index in [4.69, 9.17) is 17.2 Å². The third-order valence-corrected chi connectivity index (χ3v) is 5.77. The number of hydrogen-bond acceptors (Lipinski definition) is 8. The molecule has 5 unspecified atom stereocenters. The van der Waals surface area contributed by atoms with Crippen molar-refractivity contribution in [3.63, 3.8) is 0 Å². The maximum Gasteiger partial charge on any atom is 0.326 e. The molecule has 11 N–H and O–H groups in total. The Morgan fingerprint density at radius 3 is 2.61 bits per heavy atom. The highest BCUT2D eigenvalue weighted by Gasteiger charge is 2.38. The first kappa shape index (κ1) is 28.5. The smallest absolute Gasteiger partial charge is 0.326 e. The van der Waals surface area contributed by atoms with Gasteiger partial charge in [0.15, 0.2) is 5.96 Å². The zero-order valence-electron chi connectivity index (χ0n) is 20.1. The largest absolute Gasteiger partial charge is 0.480 e. The van der Waals surface area contributed by atoms with Gasteiger partial charge in [-0.15, -0.1) is 0 Å². The van der Waals surface area contributed by atoms with E-state index in [-0.39, 0.29) is 31.8 Å². The van der Waals surface area contributed by atoms with Gasteiger partial charge in [-0.2, -0.15) is 0 Å². The van der Waals surface area contributed by atoms with Gasteiger partial charge in [-0.3, -0.25) is 19.4 Å². The third kappa shape index (κ3) is 8.20. The SMILES string of the molecule is CC(O)C(NC(=O)C1CCCN1C(=O)C(N)Cc1cnc[nH]1)C(=O)NC(CCCN=C(N)N)C(=O)O. The topological polar surface area (TPSA) is 255 Å². The number of aromatic nitrogens is 2. The van der Waals surface area contributed by atoms with E-state index in [1.165, 1.54) is 18.2 Å². The van der Waals surface area contributed by atoms with Crippen LogP contribution in [0.25, 0.3) is 0 Å². The number of H-pyrrole nitrogens is 1. The number of aromatic amines is 1. The first-order valence-corrected chi connectivity index (χ1v) is 11.6. The number of likely N-dealkylation sites (tertiary alicyclic amines) is 1. The predicted molar refractivity (Wildman–Crippen MR) is 128 cm³/mol. The normalized spacial score (nSPS) is 18.5. The zero-order valence-corrected chi connectivity index (χ0v) is 20.1. The number of nitrogens with two attached hydrogens (primary N) is 3. The summed E-state index contributed by atoms with van der Waals surface area (Å²) in [4.78, 5) is 62.1. The molecule has 0 spiro atoms. The number of nitrogens with zero attached hydrogens (tertiary/aromatic N) is 3. The lowest BCUT2D eigenvalue weighted by Crippen LogP contribution is -2.59.